The summed E-state index contributed by atoms with van der Waals surface area (Å²) >= 11 is 6.10. The van der Waals surface area contributed by atoms with E-state index in [1.54, 1.807) is 24.3 Å². The fourth-order valence-corrected chi connectivity index (χ4v) is 2.70. The molecule has 0 spiro atoms. The monoisotopic (exact) mass is 382 g/mol. The summed E-state index contributed by atoms with van der Waals surface area (Å²) in [6.07, 6.45) is 0. The van der Waals surface area contributed by atoms with Gasteiger partial charge in [0.25, 0.3) is 5.91 Å². The van der Waals surface area contributed by atoms with E-state index in [0.29, 0.717) is 28.1 Å². The Morgan fingerprint density at radius 3 is 2.37 bits per heavy atom. The zero-order valence-corrected chi connectivity index (χ0v) is 16.0. The number of amides is 1. The van der Waals surface area contributed by atoms with Gasteiger partial charge in [-0.15, -0.1) is 0 Å². The molecule has 2 aromatic carbocycles. The van der Waals surface area contributed by atoms with Gasteiger partial charge in [-0.3, -0.25) is 4.79 Å². The minimum absolute atomic E-state index is 0.254. The summed E-state index contributed by atoms with van der Waals surface area (Å²) < 4.78 is 5.11. The molecule has 0 fully saturated rings. The lowest BCUT2D eigenvalue weighted by molar-refractivity contribution is 0.102. The molecule has 138 valence electrons. The van der Waals surface area contributed by atoms with E-state index in [1.165, 1.54) is 7.11 Å². The van der Waals surface area contributed by atoms with E-state index in [-0.39, 0.29) is 11.6 Å². The van der Waals surface area contributed by atoms with E-state index in [4.69, 9.17) is 16.3 Å². The molecule has 0 saturated carbocycles. The Labute approximate surface area is 162 Å². The van der Waals surface area contributed by atoms with E-state index in [9.17, 15) is 4.79 Å². The van der Waals surface area contributed by atoms with Crippen LogP contribution in [0.4, 0.5) is 17.3 Å². The summed E-state index contributed by atoms with van der Waals surface area (Å²) in [4.78, 5) is 21.2. The number of ether oxygens (including phenoxy) is 1. The van der Waals surface area contributed by atoms with E-state index in [2.05, 4.69) is 20.6 Å². The Morgan fingerprint density at radius 1 is 1.00 bits per heavy atom. The quantitative estimate of drug-likeness (QED) is 0.665. The zero-order valence-electron chi connectivity index (χ0n) is 15.2. The number of hydrogen-bond donors (Lipinski definition) is 2. The van der Waals surface area contributed by atoms with Crippen molar-refractivity contribution < 1.29 is 9.53 Å². The fraction of sp³-hybridized carbons (Fsp3) is 0.150. The molecule has 6 nitrogen and oxygen atoms in total. The van der Waals surface area contributed by atoms with Crippen molar-refractivity contribution in [2.75, 3.05) is 17.7 Å². The van der Waals surface area contributed by atoms with Crippen molar-refractivity contribution in [2.45, 2.75) is 13.8 Å². The first-order valence-corrected chi connectivity index (χ1v) is 8.66. The topological polar surface area (TPSA) is 76.1 Å². The predicted octanol–water partition coefficient (Wildman–Crippen LogP) is 4.75. The lowest BCUT2D eigenvalue weighted by atomic mass is 10.2. The summed E-state index contributed by atoms with van der Waals surface area (Å²) in [5.74, 6) is 0.544. The van der Waals surface area contributed by atoms with Crippen molar-refractivity contribution in [3.63, 3.8) is 0 Å². The highest BCUT2D eigenvalue weighted by molar-refractivity contribution is 6.32. The van der Waals surface area contributed by atoms with Gasteiger partial charge in [-0.25, -0.2) is 9.97 Å². The molecule has 0 bridgehead atoms. The van der Waals surface area contributed by atoms with Crippen molar-refractivity contribution in [3.05, 3.63) is 70.5 Å². The number of halogens is 1. The second kappa shape index (κ2) is 8.05. The summed E-state index contributed by atoms with van der Waals surface area (Å²) in [6.45, 7) is 3.82. The molecule has 0 radical (unpaired) electrons. The van der Waals surface area contributed by atoms with E-state index >= 15 is 0 Å². The molecule has 27 heavy (non-hydrogen) atoms. The number of rotatable bonds is 5. The second-order valence-corrected chi connectivity index (χ2v) is 6.42. The minimum Gasteiger partial charge on any atom is -0.495 e. The zero-order chi connectivity index (χ0) is 19.4. The van der Waals surface area contributed by atoms with Crippen LogP contribution in [0.1, 0.15) is 21.7 Å². The third kappa shape index (κ3) is 4.74. The summed E-state index contributed by atoms with van der Waals surface area (Å²) in [6, 6.07) is 14.5. The molecule has 1 heterocycles. The summed E-state index contributed by atoms with van der Waals surface area (Å²) in [7, 11) is 1.53. The lowest BCUT2D eigenvalue weighted by Gasteiger charge is -2.10. The number of aryl methyl sites for hydroxylation is 2. The van der Waals surface area contributed by atoms with Gasteiger partial charge in [-0.05, 0) is 50.2 Å². The largest absolute Gasteiger partial charge is 0.495 e. The van der Waals surface area contributed by atoms with Gasteiger partial charge in [0, 0.05) is 17.1 Å². The molecule has 0 aliphatic carbocycles. The lowest BCUT2D eigenvalue weighted by Crippen LogP contribution is -2.15. The van der Waals surface area contributed by atoms with Crippen LogP contribution in [0.2, 0.25) is 5.02 Å². The highest BCUT2D eigenvalue weighted by atomic mass is 35.5. The number of carbonyl (C=O) groups is 1. The molecule has 3 aromatic rings. The molecule has 1 amide bonds. The molecule has 0 unspecified atom stereocenters. The Kier molecular flexibility index (Phi) is 5.57. The van der Waals surface area contributed by atoms with Gasteiger partial charge in [0.15, 0.2) is 0 Å². The highest BCUT2D eigenvalue weighted by Crippen LogP contribution is 2.27. The fourth-order valence-electron chi connectivity index (χ4n) is 2.45. The number of aromatic nitrogens is 2. The first-order valence-electron chi connectivity index (χ1n) is 8.29. The number of hydrogen-bond acceptors (Lipinski definition) is 5. The van der Waals surface area contributed by atoms with Crippen molar-refractivity contribution >= 4 is 34.8 Å². The number of anilines is 3. The number of benzene rings is 2. The smallest absolute Gasteiger partial charge is 0.274 e. The van der Waals surface area contributed by atoms with Gasteiger partial charge >= 0.3 is 0 Å². The van der Waals surface area contributed by atoms with Crippen LogP contribution in [0.15, 0.2) is 48.5 Å². The standard InChI is InChI=1S/C20H19ClN4O2/c1-12-4-6-14(7-5-12)24-20-22-13(2)10-17(25-20)19(26)23-15-8-9-18(27-3)16(21)11-15/h4-11H,1-3H3,(H,23,26)(H,22,24,25). The molecule has 7 heteroatoms. The molecular formula is C20H19ClN4O2. The van der Waals surface area contributed by atoms with Crippen molar-refractivity contribution in [3.8, 4) is 5.75 Å². The minimum atomic E-state index is -0.353. The predicted molar refractivity (Wildman–Crippen MR) is 107 cm³/mol. The van der Waals surface area contributed by atoms with Crippen LogP contribution in [0.3, 0.4) is 0 Å². The Balaban J connectivity index is 1.79. The highest BCUT2D eigenvalue weighted by Gasteiger charge is 2.12. The summed E-state index contributed by atoms with van der Waals surface area (Å²) in [5, 5.41) is 6.31. The first kappa shape index (κ1) is 18.7. The van der Waals surface area contributed by atoms with E-state index in [1.807, 2.05) is 38.1 Å². The van der Waals surface area contributed by atoms with Crippen LogP contribution in [0.25, 0.3) is 0 Å². The van der Waals surface area contributed by atoms with Crippen molar-refractivity contribution in [1.29, 1.82) is 0 Å². The van der Waals surface area contributed by atoms with Gasteiger partial charge in [-0.1, -0.05) is 29.3 Å². The average Bonchev–Trinajstić information content (AvgIpc) is 2.63. The van der Waals surface area contributed by atoms with Gasteiger partial charge in [0.1, 0.15) is 11.4 Å². The number of methoxy groups -OCH3 is 1. The third-order valence-electron chi connectivity index (χ3n) is 3.80. The van der Waals surface area contributed by atoms with E-state index in [0.717, 1.165) is 11.3 Å². The van der Waals surface area contributed by atoms with Gasteiger partial charge in [0.2, 0.25) is 5.95 Å². The number of nitrogens with zero attached hydrogens (tertiary/aromatic N) is 2. The van der Waals surface area contributed by atoms with Crippen LogP contribution in [-0.4, -0.2) is 23.0 Å². The average molecular weight is 383 g/mol. The van der Waals surface area contributed by atoms with Crippen molar-refractivity contribution in [2.24, 2.45) is 0 Å². The molecule has 0 aliphatic heterocycles. The van der Waals surface area contributed by atoms with Crippen LogP contribution >= 0.6 is 11.6 Å². The maximum absolute atomic E-state index is 12.6. The SMILES string of the molecule is COc1ccc(NC(=O)c2cc(C)nc(Nc3ccc(C)cc3)n2)cc1Cl. The third-order valence-corrected chi connectivity index (χ3v) is 4.10. The second-order valence-electron chi connectivity index (χ2n) is 6.01. The van der Waals surface area contributed by atoms with Gasteiger partial charge < -0.3 is 15.4 Å². The molecule has 3 rings (SSSR count). The Morgan fingerprint density at radius 2 is 1.70 bits per heavy atom. The molecule has 0 atom stereocenters. The van der Waals surface area contributed by atoms with Crippen LogP contribution in [-0.2, 0) is 0 Å². The maximum atomic E-state index is 12.6. The molecule has 2 N–H and O–H groups in total. The van der Waals surface area contributed by atoms with Gasteiger partial charge in [-0.2, -0.15) is 0 Å². The van der Waals surface area contributed by atoms with Crippen LogP contribution in [0, 0.1) is 13.8 Å². The summed E-state index contributed by atoms with van der Waals surface area (Å²) in [5.41, 5.74) is 3.49. The Hall–Kier alpha value is -3.12. The molecule has 1 aromatic heterocycles. The molecular weight excluding hydrogens is 364 g/mol. The molecule has 0 aliphatic rings. The Bertz CT molecular complexity index is 974. The van der Waals surface area contributed by atoms with Crippen molar-refractivity contribution in [1.82, 2.24) is 9.97 Å². The van der Waals surface area contributed by atoms with E-state index < -0.39 is 0 Å². The van der Waals surface area contributed by atoms with Gasteiger partial charge in [0.05, 0.1) is 12.1 Å². The molecule has 0 saturated heterocycles. The first-order chi connectivity index (χ1) is 12.9. The number of carbonyl (C=O) groups excluding carboxylic acids is 1. The van der Waals surface area contributed by atoms with Crippen LogP contribution < -0.4 is 15.4 Å². The maximum Gasteiger partial charge on any atom is 0.274 e. The van der Waals surface area contributed by atoms with Crippen LogP contribution in [0.5, 0.6) is 5.75 Å². The number of nitrogens with one attached hydrogen (secondary N) is 2. The normalized spacial score (nSPS) is 10.4.